The molecule has 2 fully saturated rings. The van der Waals surface area contributed by atoms with Gasteiger partial charge in [-0.3, -0.25) is 4.79 Å². The molecule has 0 aromatic carbocycles. The van der Waals surface area contributed by atoms with Gasteiger partial charge < -0.3 is 24.4 Å². The molecule has 4 atom stereocenters. The maximum absolute atomic E-state index is 11.2. The number of esters is 1. The predicted octanol–water partition coefficient (Wildman–Crippen LogP) is -1.05. The summed E-state index contributed by atoms with van der Waals surface area (Å²) in [7, 11) is 0. The lowest BCUT2D eigenvalue weighted by Crippen LogP contribution is -2.47. The van der Waals surface area contributed by atoms with Crippen molar-refractivity contribution in [3.8, 4) is 0 Å². The van der Waals surface area contributed by atoms with E-state index in [9.17, 15) is 15.0 Å². The van der Waals surface area contributed by atoms with E-state index >= 15 is 0 Å². The number of rotatable bonds is 3. The third-order valence-electron chi connectivity index (χ3n) is 2.65. The molecule has 2 saturated heterocycles. The molecule has 0 unspecified atom stereocenters. The standard InChI is InChI=1S/C10H14O6/c1-2-3-7(12)16-10(13)5-15-8-6(11)4-14-9(8)10/h2,6,8-9,11,13H,1,3-5H2/t6-,8-,9+,10+/m1/s1. The fraction of sp³-hybridized carbons (Fsp3) is 0.700. The van der Waals surface area contributed by atoms with Gasteiger partial charge in [0.25, 0.3) is 5.79 Å². The lowest BCUT2D eigenvalue weighted by Gasteiger charge is -2.25. The third kappa shape index (κ3) is 1.84. The topological polar surface area (TPSA) is 85.2 Å². The van der Waals surface area contributed by atoms with E-state index in [0.717, 1.165) is 0 Å². The minimum Gasteiger partial charge on any atom is -0.427 e. The zero-order valence-corrected chi connectivity index (χ0v) is 8.67. The van der Waals surface area contributed by atoms with Crippen LogP contribution in [0.25, 0.3) is 0 Å². The highest BCUT2D eigenvalue weighted by Crippen LogP contribution is 2.35. The molecular weight excluding hydrogens is 216 g/mol. The van der Waals surface area contributed by atoms with E-state index in [1.54, 1.807) is 0 Å². The number of aliphatic hydroxyl groups excluding tert-OH is 1. The van der Waals surface area contributed by atoms with E-state index < -0.39 is 30.1 Å². The van der Waals surface area contributed by atoms with Crippen LogP contribution in [0.1, 0.15) is 6.42 Å². The molecule has 0 bridgehead atoms. The normalized spacial score (nSPS) is 41.8. The molecule has 0 aliphatic carbocycles. The molecule has 0 saturated carbocycles. The molecule has 90 valence electrons. The summed E-state index contributed by atoms with van der Waals surface area (Å²) in [5.41, 5.74) is 0. The Morgan fingerprint density at radius 3 is 3.06 bits per heavy atom. The average Bonchev–Trinajstić information content (AvgIpc) is 2.71. The Morgan fingerprint density at radius 2 is 2.38 bits per heavy atom. The van der Waals surface area contributed by atoms with Crippen molar-refractivity contribution in [1.82, 2.24) is 0 Å². The Bertz CT molecular complexity index is 304. The monoisotopic (exact) mass is 230 g/mol. The van der Waals surface area contributed by atoms with E-state index in [0.29, 0.717) is 0 Å². The minimum atomic E-state index is -1.80. The summed E-state index contributed by atoms with van der Waals surface area (Å²) in [5.74, 6) is -2.41. The van der Waals surface area contributed by atoms with Gasteiger partial charge in [0.05, 0.1) is 13.0 Å². The molecule has 6 nitrogen and oxygen atoms in total. The van der Waals surface area contributed by atoms with Crippen molar-refractivity contribution in [1.29, 1.82) is 0 Å². The zero-order chi connectivity index (χ0) is 11.8. The van der Waals surface area contributed by atoms with Gasteiger partial charge in [-0.2, -0.15) is 0 Å². The number of carbonyl (C=O) groups excluding carboxylic acids is 1. The van der Waals surface area contributed by atoms with Crippen molar-refractivity contribution in [3.63, 3.8) is 0 Å². The fourth-order valence-corrected chi connectivity index (χ4v) is 1.92. The predicted molar refractivity (Wildman–Crippen MR) is 51.3 cm³/mol. The summed E-state index contributed by atoms with van der Waals surface area (Å²) in [4.78, 5) is 11.2. The highest BCUT2D eigenvalue weighted by Gasteiger charge is 2.58. The first kappa shape index (κ1) is 11.5. The molecule has 6 heteroatoms. The fourth-order valence-electron chi connectivity index (χ4n) is 1.92. The van der Waals surface area contributed by atoms with E-state index in [4.69, 9.17) is 14.2 Å². The molecule has 0 amide bonds. The van der Waals surface area contributed by atoms with Crippen molar-refractivity contribution in [2.24, 2.45) is 0 Å². The Hall–Kier alpha value is -0.950. The molecule has 2 aliphatic heterocycles. The van der Waals surface area contributed by atoms with Crippen LogP contribution in [-0.2, 0) is 19.0 Å². The van der Waals surface area contributed by atoms with Crippen LogP contribution in [0.5, 0.6) is 0 Å². The van der Waals surface area contributed by atoms with Gasteiger partial charge in [0.15, 0.2) is 6.10 Å². The number of carbonyl (C=O) groups is 1. The molecule has 2 N–H and O–H groups in total. The lowest BCUT2D eigenvalue weighted by molar-refractivity contribution is -0.237. The maximum atomic E-state index is 11.2. The number of aliphatic hydroxyl groups is 2. The highest BCUT2D eigenvalue weighted by molar-refractivity contribution is 5.71. The minimum absolute atomic E-state index is 0.00223. The van der Waals surface area contributed by atoms with Gasteiger partial charge in [0.2, 0.25) is 0 Å². The van der Waals surface area contributed by atoms with Crippen molar-refractivity contribution >= 4 is 5.97 Å². The van der Waals surface area contributed by atoms with E-state index in [1.165, 1.54) is 6.08 Å². The molecule has 16 heavy (non-hydrogen) atoms. The van der Waals surface area contributed by atoms with Crippen molar-refractivity contribution in [3.05, 3.63) is 12.7 Å². The van der Waals surface area contributed by atoms with Gasteiger partial charge in [-0.1, -0.05) is 6.08 Å². The molecule has 2 rings (SSSR count). The van der Waals surface area contributed by atoms with Crippen LogP contribution in [0.2, 0.25) is 0 Å². The number of fused-ring (bicyclic) bond motifs is 1. The van der Waals surface area contributed by atoms with Gasteiger partial charge in [-0.15, -0.1) is 6.58 Å². The molecule has 0 aromatic heterocycles. The molecule has 0 radical (unpaired) electrons. The summed E-state index contributed by atoms with van der Waals surface area (Å²) < 4.78 is 15.2. The second-order valence-electron chi connectivity index (χ2n) is 3.91. The van der Waals surface area contributed by atoms with Crippen molar-refractivity contribution < 1.29 is 29.2 Å². The molecule has 0 spiro atoms. The SMILES string of the molecule is C=CCC(=O)O[C@@]1(O)CO[C@@H]2[C@H](O)CO[C@@H]21. The summed E-state index contributed by atoms with van der Waals surface area (Å²) in [5, 5.41) is 19.5. The first-order valence-electron chi connectivity index (χ1n) is 5.03. The van der Waals surface area contributed by atoms with E-state index in [-0.39, 0.29) is 19.6 Å². The smallest absolute Gasteiger partial charge is 0.312 e. The van der Waals surface area contributed by atoms with E-state index in [2.05, 4.69) is 6.58 Å². The van der Waals surface area contributed by atoms with Crippen LogP contribution >= 0.6 is 0 Å². The van der Waals surface area contributed by atoms with Crippen LogP contribution in [0.3, 0.4) is 0 Å². The second kappa shape index (κ2) is 4.14. The van der Waals surface area contributed by atoms with Gasteiger partial charge >= 0.3 is 5.97 Å². The van der Waals surface area contributed by atoms with E-state index in [1.807, 2.05) is 0 Å². The Labute approximate surface area is 92.4 Å². The summed E-state index contributed by atoms with van der Waals surface area (Å²) in [6, 6.07) is 0. The van der Waals surface area contributed by atoms with Gasteiger partial charge in [-0.25, -0.2) is 0 Å². The molecule has 2 aliphatic rings. The van der Waals surface area contributed by atoms with Crippen LogP contribution in [-0.4, -0.2) is 53.5 Å². The van der Waals surface area contributed by atoms with Crippen molar-refractivity contribution in [2.75, 3.05) is 13.2 Å². The average molecular weight is 230 g/mol. The third-order valence-corrected chi connectivity index (χ3v) is 2.65. The van der Waals surface area contributed by atoms with Crippen LogP contribution in [0.4, 0.5) is 0 Å². The Morgan fingerprint density at radius 1 is 1.62 bits per heavy atom. The number of hydrogen-bond acceptors (Lipinski definition) is 6. The lowest BCUT2D eigenvalue weighted by atomic mass is 10.1. The largest absolute Gasteiger partial charge is 0.427 e. The summed E-state index contributed by atoms with van der Waals surface area (Å²) in [6.07, 6.45) is -0.874. The van der Waals surface area contributed by atoms with Crippen LogP contribution in [0, 0.1) is 0 Å². The van der Waals surface area contributed by atoms with Crippen LogP contribution in [0.15, 0.2) is 12.7 Å². The molecule has 2 heterocycles. The molecule has 0 aromatic rings. The number of hydrogen-bond donors (Lipinski definition) is 2. The van der Waals surface area contributed by atoms with Crippen LogP contribution < -0.4 is 0 Å². The number of ether oxygens (including phenoxy) is 3. The summed E-state index contributed by atoms with van der Waals surface area (Å²) >= 11 is 0. The maximum Gasteiger partial charge on any atom is 0.312 e. The van der Waals surface area contributed by atoms with Gasteiger partial charge in [0.1, 0.15) is 18.8 Å². The second-order valence-corrected chi connectivity index (χ2v) is 3.91. The zero-order valence-electron chi connectivity index (χ0n) is 8.67. The van der Waals surface area contributed by atoms with Gasteiger partial charge in [-0.05, 0) is 0 Å². The first-order valence-corrected chi connectivity index (χ1v) is 5.03. The Balaban J connectivity index is 2.03. The van der Waals surface area contributed by atoms with Gasteiger partial charge in [0, 0.05) is 0 Å². The van der Waals surface area contributed by atoms with Crippen molar-refractivity contribution in [2.45, 2.75) is 30.5 Å². The Kier molecular flexibility index (Phi) is 2.98. The summed E-state index contributed by atoms with van der Waals surface area (Å²) in [6.45, 7) is 3.27. The highest BCUT2D eigenvalue weighted by atomic mass is 16.7. The molecular formula is C10H14O6. The quantitative estimate of drug-likeness (QED) is 0.366. The first-order chi connectivity index (χ1) is 7.57.